The van der Waals surface area contributed by atoms with Crippen LogP contribution in [0.1, 0.15) is 28.9 Å². The van der Waals surface area contributed by atoms with E-state index < -0.39 is 6.03 Å². The van der Waals surface area contributed by atoms with E-state index in [4.69, 9.17) is 0 Å². The van der Waals surface area contributed by atoms with Gasteiger partial charge in [0.1, 0.15) is 5.82 Å². The summed E-state index contributed by atoms with van der Waals surface area (Å²) in [6.45, 7) is 1.82. The van der Waals surface area contributed by atoms with Crippen LogP contribution in [-0.2, 0) is 7.05 Å². The van der Waals surface area contributed by atoms with Crippen molar-refractivity contribution in [3.63, 3.8) is 0 Å². The highest BCUT2D eigenvalue weighted by Crippen LogP contribution is 2.29. The van der Waals surface area contributed by atoms with Crippen molar-refractivity contribution in [1.29, 1.82) is 0 Å². The van der Waals surface area contributed by atoms with Gasteiger partial charge in [0.05, 0.1) is 11.6 Å². The highest BCUT2D eigenvalue weighted by molar-refractivity contribution is 6.08. The lowest BCUT2D eigenvalue weighted by Gasteiger charge is -2.14. The van der Waals surface area contributed by atoms with Crippen molar-refractivity contribution in [3.8, 4) is 11.1 Å². The number of hydrogen-bond donors (Lipinski definition) is 3. The Labute approximate surface area is 206 Å². The summed E-state index contributed by atoms with van der Waals surface area (Å²) >= 11 is 0. The second-order valence-corrected chi connectivity index (χ2v) is 8.49. The van der Waals surface area contributed by atoms with Gasteiger partial charge in [0.25, 0.3) is 11.9 Å². The van der Waals surface area contributed by atoms with Crippen LogP contribution in [0.2, 0.25) is 0 Å². The molecule has 5 aromatic rings. The molecule has 10 heteroatoms. The number of carbonyl (C=O) groups excluding carboxylic acids is 2. The van der Waals surface area contributed by atoms with E-state index in [2.05, 4.69) is 26.0 Å². The van der Waals surface area contributed by atoms with Crippen LogP contribution in [-0.4, -0.2) is 38.2 Å². The molecular formula is C26H24FN7O2. The summed E-state index contributed by atoms with van der Waals surface area (Å²) in [6.07, 6.45) is 3.55. The van der Waals surface area contributed by atoms with Crippen molar-refractivity contribution in [3.05, 3.63) is 83.9 Å². The number of pyridine rings is 1. The molecule has 0 aliphatic heterocycles. The fourth-order valence-electron chi connectivity index (χ4n) is 4.16. The van der Waals surface area contributed by atoms with Crippen LogP contribution >= 0.6 is 0 Å². The molecule has 0 bridgehead atoms. The first-order valence-electron chi connectivity index (χ1n) is 11.3. The third kappa shape index (κ3) is 4.36. The number of urea groups is 1. The summed E-state index contributed by atoms with van der Waals surface area (Å²) in [4.78, 5) is 29.1. The van der Waals surface area contributed by atoms with Crippen molar-refractivity contribution in [2.75, 3.05) is 12.4 Å². The second kappa shape index (κ2) is 9.14. The average Bonchev–Trinajstić information content (AvgIpc) is 3.43. The zero-order valence-corrected chi connectivity index (χ0v) is 19.9. The molecule has 0 aliphatic carbocycles. The van der Waals surface area contributed by atoms with Gasteiger partial charge in [0.2, 0.25) is 0 Å². The molecule has 5 rings (SSSR count). The summed E-state index contributed by atoms with van der Waals surface area (Å²) in [5.74, 6) is -0.395. The Kier molecular flexibility index (Phi) is 5.85. The number of nitrogens with zero attached hydrogens (tertiary/aromatic N) is 4. The normalized spacial score (nSPS) is 12.0. The van der Waals surface area contributed by atoms with E-state index in [9.17, 15) is 14.0 Å². The minimum Gasteiger partial charge on any atom is -0.350 e. The van der Waals surface area contributed by atoms with Crippen molar-refractivity contribution < 1.29 is 14.0 Å². The molecule has 0 spiro atoms. The number of hydrogen-bond acceptors (Lipinski definition) is 4. The molecule has 0 saturated heterocycles. The molecule has 36 heavy (non-hydrogen) atoms. The summed E-state index contributed by atoms with van der Waals surface area (Å²) in [5.41, 5.74) is 4.46. The predicted octanol–water partition coefficient (Wildman–Crippen LogP) is 4.27. The minimum atomic E-state index is -0.404. The second-order valence-electron chi connectivity index (χ2n) is 8.49. The first kappa shape index (κ1) is 23.0. The van der Waals surface area contributed by atoms with Gasteiger partial charge in [-0.1, -0.05) is 18.2 Å². The van der Waals surface area contributed by atoms with Gasteiger partial charge in [-0.05, 0) is 60.0 Å². The van der Waals surface area contributed by atoms with E-state index >= 15 is 0 Å². The Morgan fingerprint density at radius 3 is 2.64 bits per heavy atom. The van der Waals surface area contributed by atoms with Crippen molar-refractivity contribution in [2.45, 2.75) is 13.0 Å². The largest absolute Gasteiger partial charge is 0.350 e. The number of nitrogens with one attached hydrogen (secondary N) is 3. The fourth-order valence-corrected chi connectivity index (χ4v) is 4.16. The molecule has 3 N–H and O–H groups in total. The summed E-state index contributed by atoms with van der Waals surface area (Å²) in [7, 11) is 3.40. The summed E-state index contributed by atoms with van der Waals surface area (Å²) in [5, 5.41) is 13.0. The molecule has 0 unspecified atom stereocenters. The van der Waals surface area contributed by atoms with E-state index in [1.165, 1.54) is 19.2 Å². The molecule has 3 aromatic heterocycles. The minimum absolute atomic E-state index is 0.191. The number of fused-ring (bicyclic) bond motifs is 2. The van der Waals surface area contributed by atoms with Gasteiger partial charge in [0.15, 0.2) is 5.65 Å². The van der Waals surface area contributed by atoms with E-state index in [1.807, 2.05) is 48.9 Å². The Hall–Kier alpha value is -4.73. The van der Waals surface area contributed by atoms with Crippen LogP contribution in [0.4, 0.5) is 15.1 Å². The third-order valence-corrected chi connectivity index (χ3v) is 6.05. The van der Waals surface area contributed by atoms with E-state index in [0.29, 0.717) is 16.8 Å². The highest BCUT2D eigenvalue weighted by atomic mass is 19.1. The number of aryl methyl sites for hydroxylation is 1. The number of benzene rings is 2. The lowest BCUT2D eigenvalue weighted by atomic mass is 10.0. The van der Waals surface area contributed by atoms with E-state index in [1.54, 1.807) is 29.0 Å². The number of anilines is 1. The summed E-state index contributed by atoms with van der Waals surface area (Å²) in [6, 6.07) is 15.1. The van der Waals surface area contributed by atoms with Gasteiger partial charge in [0, 0.05) is 37.4 Å². The number of amides is 3. The number of aromatic nitrogens is 4. The third-order valence-electron chi connectivity index (χ3n) is 6.05. The first-order valence-corrected chi connectivity index (χ1v) is 11.3. The monoisotopic (exact) mass is 485 g/mol. The lowest BCUT2D eigenvalue weighted by molar-refractivity contribution is 0.0941. The first-order chi connectivity index (χ1) is 17.3. The molecule has 0 radical (unpaired) electrons. The van der Waals surface area contributed by atoms with Gasteiger partial charge in [-0.3, -0.25) is 10.1 Å². The van der Waals surface area contributed by atoms with Crippen LogP contribution in [0, 0.1) is 5.82 Å². The molecule has 9 nitrogen and oxygen atoms in total. The van der Waals surface area contributed by atoms with Crippen molar-refractivity contribution >= 4 is 34.4 Å². The molecule has 3 amide bonds. The summed E-state index contributed by atoms with van der Waals surface area (Å²) < 4.78 is 17.1. The molecule has 0 aliphatic rings. The highest BCUT2D eigenvalue weighted by Gasteiger charge is 2.18. The van der Waals surface area contributed by atoms with Crippen LogP contribution in [0.3, 0.4) is 0 Å². The predicted molar refractivity (Wildman–Crippen MR) is 135 cm³/mol. The number of carbonyl (C=O) groups is 2. The Morgan fingerprint density at radius 1 is 1.06 bits per heavy atom. The van der Waals surface area contributed by atoms with E-state index in [0.717, 1.165) is 22.0 Å². The zero-order chi connectivity index (χ0) is 25.4. The van der Waals surface area contributed by atoms with Crippen LogP contribution in [0.5, 0.6) is 0 Å². The van der Waals surface area contributed by atoms with Crippen molar-refractivity contribution in [2.24, 2.45) is 7.05 Å². The molecule has 0 fully saturated rings. The molecule has 3 heterocycles. The maximum absolute atomic E-state index is 13.6. The van der Waals surface area contributed by atoms with Crippen LogP contribution in [0.25, 0.3) is 27.7 Å². The number of halogens is 1. The standard InChI is InChI=1S/C26H24FN7O2/c1-15(16-5-4-6-19(27)11-16)29-24(35)21-14-33(3)22-8-7-17(12-20(21)22)18-9-10-34-23(13-18)30-25(32-34)31-26(36)28-2/h4-15H,1-3H3,(H,29,35)(H2,28,31,32,36)/t15-/m0/s1. The van der Waals surface area contributed by atoms with Gasteiger partial charge >= 0.3 is 6.03 Å². The Morgan fingerprint density at radius 2 is 1.86 bits per heavy atom. The molecule has 182 valence electrons. The average molecular weight is 486 g/mol. The molecule has 0 saturated carbocycles. The molecule has 1 atom stereocenters. The fraction of sp³-hybridized carbons (Fsp3) is 0.154. The van der Waals surface area contributed by atoms with Crippen LogP contribution < -0.4 is 16.0 Å². The lowest BCUT2D eigenvalue weighted by Crippen LogP contribution is -2.26. The Bertz CT molecular complexity index is 1620. The van der Waals surface area contributed by atoms with Gasteiger partial charge in [-0.15, -0.1) is 5.10 Å². The van der Waals surface area contributed by atoms with Gasteiger partial charge in [-0.25, -0.2) is 13.7 Å². The maximum atomic E-state index is 13.6. The zero-order valence-electron chi connectivity index (χ0n) is 19.9. The smallest absolute Gasteiger partial charge is 0.321 e. The number of rotatable bonds is 5. The van der Waals surface area contributed by atoms with E-state index in [-0.39, 0.29) is 23.7 Å². The van der Waals surface area contributed by atoms with Gasteiger partial charge < -0.3 is 15.2 Å². The topological polar surface area (TPSA) is 105 Å². The Balaban J connectivity index is 1.46. The quantitative estimate of drug-likeness (QED) is 0.346. The molecule has 2 aromatic carbocycles. The maximum Gasteiger partial charge on any atom is 0.321 e. The SMILES string of the molecule is CNC(=O)Nc1nc2cc(-c3ccc4c(c3)c(C(=O)N[C@@H](C)c3cccc(F)c3)cn4C)ccn2n1. The van der Waals surface area contributed by atoms with Crippen molar-refractivity contribution in [1.82, 2.24) is 29.8 Å². The van der Waals surface area contributed by atoms with Gasteiger partial charge in [-0.2, -0.15) is 4.98 Å². The molecular weight excluding hydrogens is 461 g/mol. The van der Waals surface area contributed by atoms with Crippen LogP contribution in [0.15, 0.2) is 67.0 Å².